The molecule has 0 saturated heterocycles. The number of hydrogen-bond donors (Lipinski definition) is 1. The number of carbonyl (C=O) groups is 1. The van der Waals surface area contributed by atoms with Gasteiger partial charge in [-0.1, -0.05) is 41.1 Å². The van der Waals surface area contributed by atoms with Crippen LogP contribution >= 0.6 is 27.3 Å². The highest BCUT2D eigenvalue weighted by Crippen LogP contribution is 2.32. The Bertz CT molecular complexity index is 1000. The van der Waals surface area contributed by atoms with Crippen LogP contribution in [0.15, 0.2) is 46.9 Å². The van der Waals surface area contributed by atoms with E-state index in [0.717, 1.165) is 32.6 Å². The highest BCUT2D eigenvalue weighted by molar-refractivity contribution is 9.10. The maximum Gasteiger partial charge on any atom is 0.226 e. The minimum Gasteiger partial charge on any atom is -0.493 e. The molecule has 1 amide bonds. The van der Waals surface area contributed by atoms with Crippen LogP contribution in [0.25, 0.3) is 11.3 Å². The van der Waals surface area contributed by atoms with E-state index in [1.165, 1.54) is 11.3 Å². The fraction of sp³-hybridized carbons (Fsp3) is 0.304. The first kappa shape index (κ1) is 22.3. The van der Waals surface area contributed by atoms with E-state index in [9.17, 15) is 4.79 Å². The summed E-state index contributed by atoms with van der Waals surface area (Å²) in [6.07, 6.45) is 1.84. The molecule has 0 radical (unpaired) electrons. The molecule has 0 bridgehead atoms. The van der Waals surface area contributed by atoms with Gasteiger partial charge in [-0.25, -0.2) is 4.98 Å². The van der Waals surface area contributed by atoms with Crippen LogP contribution in [0.1, 0.15) is 30.7 Å². The van der Waals surface area contributed by atoms with Crippen LogP contribution in [0.3, 0.4) is 0 Å². The Morgan fingerprint density at radius 1 is 1.13 bits per heavy atom. The van der Waals surface area contributed by atoms with Crippen molar-refractivity contribution in [1.82, 2.24) is 4.98 Å². The second-order valence-corrected chi connectivity index (χ2v) is 8.62. The Hall–Kier alpha value is -2.38. The molecule has 0 spiro atoms. The summed E-state index contributed by atoms with van der Waals surface area (Å²) in [4.78, 5) is 18.3. The van der Waals surface area contributed by atoms with E-state index in [1.54, 1.807) is 7.11 Å². The first-order chi connectivity index (χ1) is 14.5. The lowest BCUT2D eigenvalue weighted by atomic mass is 10.1. The van der Waals surface area contributed by atoms with Gasteiger partial charge in [0.05, 0.1) is 19.4 Å². The van der Waals surface area contributed by atoms with Gasteiger partial charge in [-0.15, -0.1) is 11.3 Å². The number of methoxy groups -OCH3 is 1. The molecule has 0 aliphatic rings. The number of halogens is 1. The van der Waals surface area contributed by atoms with Gasteiger partial charge in [0, 0.05) is 21.3 Å². The number of rotatable bonds is 9. The Morgan fingerprint density at radius 3 is 2.57 bits per heavy atom. The molecule has 30 heavy (non-hydrogen) atoms. The normalized spacial score (nSPS) is 10.7. The number of carbonyl (C=O) groups excluding carboxylic acids is 1. The first-order valence-corrected chi connectivity index (χ1v) is 11.5. The number of anilines is 1. The van der Waals surface area contributed by atoms with Gasteiger partial charge in [0.15, 0.2) is 16.6 Å². The number of nitrogens with one attached hydrogen (secondary N) is 1. The number of nitrogens with zero attached hydrogens (tertiary/aromatic N) is 1. The second kappa shape index (κ2) is 10.6. The van der Waals surface area contributed by atoms with Crippen molar-refractivity contribution >= 4 is 38.3 Å². The maximum atomic E-state index is 12.5. The number of ether oxygens (including phenoxy) is 2. The van der Waals surface area contributed by atoms with Gasteiger partial charge in [-0.3, -0.25) is 4.79 Å². The van der Waals surface area contributed by atoms with Crippen LogP contribution in [0.2, 0.25) is 0 Å². The smallest absolute Gasteiger partial charge is 0.226 e. The molecule has 0 atom stereocenters. The quantitative estimate of drug-likeness (QED) is 0.394. The third-order valence-corrected chi connectivity index (χ3v) is 6.19. The predicted octanol–water partition coefficient (Wildman–Crippen LogP) is 6.11. The van der Waals surface area contributed by atoms with Crippen molar-refractivity contribution in [3.63, 3.8) is 0 Å². The molecule has 1 aromatic heterocycles. The molecule has 5 nitrogen and oxygen atoms in total. The van der Waals surface area contributed by atoms with Crippen LogP contribution in [0.4, 0.5) is 5.13 Å². The molecular weight excluding hydrogens is 464 g/mol. The van der Waals surface area contributed by atoms with Gasteiger partial charge in [0.25, 0.3) is 0 Å². The van der Waals surface area contributed by atoms with Gasteiger partial charge in [0.2, 0.25) is 5.91 Å². The van der Waals surface area contributed by atoms with Crippen LogP contribution in [0, 0.1) is 0 Å². The summed E-state index contributed by atoms with van der Waals surface area (Å²) in [6, 6.07) is 13.8. The molecule has 2 aromatic carbocycles. The molecule has 158 valence electrons. The van der Waals surface area contributed by atoms with Crippen molar-refractivity contribution in [3.05, 3.63) is 57.4 Å². The largest absolute Gasteiger partial charge is 0.493 e. The Morgan fingerprint density at radius 2 is 1.90 bits per heavy atom. The lowest BCUT2D eigenvalue weighted by Gasteiger charge is -2.10. The Kier molecular flexibility index (Phi) is 7.87. The Labute approximate surface area is 189 Å². The fourth-order valence-corrected chi connectivity index (χ4v) is 4.26. The molecular formula is C23H25BrN2O3S. The third-order valence-electron chi connectivity index (χ3n) is 4.55. The topological polar surface area (TPSA) is 60.5 Å². The molecule has 0 unspecified atom stereocenters. The van der Waals surface area contributed by atoms with E-state index < -0.39 is 0 Å². The summed E-state index contributed by atoms with van der Waals surface area (Å²) >= 11 is 4.99. The van der Waals surface area contributed by atoms with Crippen molar-refractivity contribution in [1.29, 1.82) is 0 Å². The van der Waals surface area contributed by atoms with Crippen molar-refractivity contribution in [2.45, 2.75) is 33.1 Å². The summed E-state index contributed by atoms with van der Waals surface area (Å²) < 4.78 is 11.9. The lowest BCUT2D eigenvalue weighted by molar-refractivity contribution is -0.116. The average Bonchev–Trinajstić information content (AvgIpc) is 3.16. The predicted molar refractivity (Wildman–Crippen MR) is 126 cm³/mol. The van der Waals surface area contributed by atoms with E-state index in [4.69, 9.17) is 9.47 Å². The van der Waals surface area contributed by atoms with Crippen LogP contribution in [0.5, 0.6) is 11.5 Å². The average molecular weight is 489 g/mol. The van der Waals surface area contributed by atoms with Crippen LogP contribution in [-0.4, -0.2) is 24.6 Å². The van der Waals surface area contributed by atoms with Crippen molar-refractivity contribution in [2.24, 2.45) is 0 Å². The highest BCUT2D eigenvalue weighted by Gasteiger charge is 2.14. The van der Waals surface area contributed by atoms with E-state index in [1.807, 2.05) is 49.4 Å². The van der Waals surface area contributed by atoms with Crippen molar-refractivity contribution in [3.8, 4) is 22.8 Å². The zero-order chi connectivity index (χ0) is 21.5. The van der Waals surface area contributed by atoms with Crippen LogP contribution in [-0.2, 0) is 17.6 Å². The zero-order valence-electron chi connectivity index (χ0n) is 17.3. The van der Waals surface area contributed by atoms with Gasteiger partial charge in [-0.05, 0) is 49.6 Å². The van der Waals surface area contributed by atoms with Gasteiger partial charge in [-0.2, -0.15) is 0 Å². The van der Waals surface area contributed by atoms with E-state index in [0.29, 0.717) is 36.1 Å². The molecule has 3 rings (SSSR count). The summed E-state index contributed by atoms with van der Waals surface area (Å²) in [5.74, 6) is 1.34. The molecule has 0 saturated carbocycles. The number of aryl methyl sites for hydroxylation is 2. The molecule has 0 aliphatic heterocycles. The van der Waals surface area contributed by atoms with Gasteiger partial charge >= 0.3 is 0 Å². The zero-order valence-corrected chi connectivity index (χ0v) is 19.7. The van der Waals surface area contributed by atoms with Crippen molar-refractivity contribution in [2.75, 3.05) is 19.0 Å². The number of thiazole rings is 1. The molecule has 1 heterocycles. The first-order valence-electron chi connectivity index (χ1n) is 9.89. The van der Waals surface area contributed by atoms with Gasteiger partial charge < -0.3 is 14.8 Å². The van der Waals surface area contributed by atoms with Crippen LogP contribution < -0.4 is 14.8 Å². The summed E-state index contributed by atoms with van der Waals surface area (Å²) in [6.45, 7) is 4.61. The SMILES string of the molecule is CCOc1ccc(CCC(=O)Nc2nc(-c3ccc(Br)cc3)c(CC)s2)cc1OC. The molecule has 7 heteroatoms. The maximum absolute atomic E-state index is 12.5. The number of amides is 1. The Balaban J connectivity index is 1.64. The summed E-state index contributed by atoms with van der Waals surface area (Å²) in [5, 5.41) is 3.59. The fourth-order valence-electron chi connectivity index (χ4n) is 3.06. The second-order valence-electron chi connectivity index (χ2n) is 6.62. The third kappa shape index (κ3) is 5.61. The lowest BCUT2D eigenvalue weighted by Crippen LogP contribution is -2.12. The van der Waals surface area contributed by atoms with E-state index >= 15 is 0 Å². The molecule has 3 aromatic rings. The minimum atomic E-state index is -0.0541. The molecule has 1 N–H and O–H groups in total. The standard InChI is InChI=1S/C23H25BrN2O3S/c1-4-20-22(16-8-10-17(24)11-9-16)26-23(30-20)25-21(27)13-7-15-6-12-18(29-5-2)19(14-15)28-3/h6,8-12,14H,4-5,7,13H2,1-3H3,(H,25,26,27). The molecule has 0 aliphatic carbocycles. The van der Waals surface area contributed by atoms with E-state index in [2.05, 4.69) is 33.2 Å². The summed E-state index contributed by atoms with van der Waals surface area (Å²) in [5.41, 5.74) is 3.00. The summed E-state index contributed by atoms with van der Waals surface area (Å²) in [7, 11) is 1.62. The van der Waals surface area contributed by atoms with E-state index in [-0.39, 0.29) is 5.91 Å². The van der Waals surface area contributed by atoms with Crippen molar-refractivity contribution < 1.29 is 14.3 Å². The number of benzene rings is 2. The van der Waals surface area contributed by atoms with Gasteiger partial charge in [0.1, 0.15) is 0 Å². The number of aromatic nitrogens is 1. The minimum absolute atomic E-state index is 0.0541. The number of hydrogen-bond acceptors (Lipinski definition) is 5. The monoisotopic (exact) mass is 488 g/mol. The molecule has 0 fully saturated rings. The highest BCUT2D eigenvalue weighted by atomic mass is 79.9.